The monoisotopic (exact) mass is 378 g/mol. The standard InChI is InChI=1S/C19H18N6O3/c1-12-7-6-10-15(13(12)2)22-17-16(25(27)28)18(21-11-20-17)23-24-19(26)14-8-4-3-5-9-14/h3-11H,1-2H3,(H,24,26)(H2,20,21,22,23). The van der Waals surface area contributed by atoms with Crippen LogP contribution in [-0.4, -0.2) is 20.8 Å². The van der Waals surface area contributed by atoms with Crippen LogP contribution in [0.15, 0.2) is 54.9 Å². The van der Waals surface area contributed by atoms with Crippen molar-refractivity contribution in [2.45, 2.75) is 13.8 Å². The van der Waals surface area contributed by atoms with E-state index in [1.807, 2.05) is 26.0 Å². The quantitative estimate of drug-likeness (QED) is 0.443. The zero-order chi connectivity index (χ0) is 20.1. The van der Waals surface area contributed by atoms with Crippen molar-refractivity contribution in [3.8, 4) is 0 Å². The summed E-state index contributed by atoms with van der Waals surface area (Å²) in [4.78, 5) is 31.1. The summed E-state index contributed by atoms with van der Waals surface area (Å²) in [5.41, 5.74) is 7.63. The molecule has 3 rings (SSSR count). The molecular weight excluding hydrogens is 360 g/mol. The van der Waals surface area contributed by atoms with Gasteiger partial charge in [-0.25, -0.2) is 9.97 Å². The predicted octanol–water partition coefficient (Wildman–Crippen LogP) is 3.50. The molecule has 0 radical (unpaired) electrons. The first-order valence-electron chi connectivity index (χ1n) is 8.41. The van der Waals surface area contributed by atoms with Gasteiger partial charge in [0.2, 0.25) is 11.6 Å². The van der Waals surface area contributed by atoms with Crippen molar-refractivity contribution >= 4 is 28.9 Å². The number of aryl methyl sites for hydroxylation is 1. The van der Waals surface area contributed by atoms with Gasteiger partial charge in [-0.1, -0.05) is 30.3 Å². The van der Waals surface area contributed by atoms with Gasteiger partial charge >= 0.3 is 5.69 Å². The topological polar surface area (TPSA) is 122 Å². The third kappa shape index (κ3) is 4.04. The Kier molecular flexibility index (Phi) is 5.45. The third-order valence-corrected chi connectivity index (χ3v) is 4.19. The van der Waals surface area contributed by atoms with Crippen LogP contribution in [0.25, 0.3) is 0 Å². The number of benzene rings is 2. The molecule has 0 aliphatic heterocycles. The second-order valence-electron chi connectivity index (χ2n) is 5.99. The molecular formula is C19H18N6O3. The molecule has 1 aromatic heterocycles. The Labute approximate surface area is 161 Å². The van der Waals surface area contributed by atoms with Gasteiger partial charge in [0, 0.05) is 11.3 Å². The fourth-order valence-corrected chi connectivity index (χ4v) is 2.53. The van der Waals surface area contributed by atoms with Crippen LogP contribution in [0, 0.1) is 24.0 Å². The first kappa shape index (κ1) is 18.8. The smallest absolute Gasteiger partial charge is 0.334 e. The minimum Gasteiger partial charge on any atom is -0.334 e. The first-order chi connectivity index (χ1) is 13.5. The number of hydrogen-bond donors (Lipinski definition) is 3. The van der Waals surface area contributed by atoms with Crippen LogP contribution in [0.1, 0.15) is 21.5 Å². The van der Waals surface area contributed by atoms with Crippen molar-refractivity contribution in [2.75, 3.05) is 10.7 Å². The molecule has 0 aliphatic rings. The number of hydrogen-bond acceptors (Lipinski definition) is 7. The number of carbonyl (C=O) groups is 1. The molecule has 0 saturated carbocycles. The number of nitro groups is 1. The highest BCUT2D eigenvalue weighted by atomic mass is 16.6. The molecule has 0 unspecified atom stereocenters. The van der Waals surface area contributed by atoms with Gasteiger partial charge in [0.25, 0.3) is 5.91 Å². The SMILES string of the molecule is Cc1cccc(Nc2ncnc(NNC(=O)c3ccccc3)c2[N+](=O)[O-])c1C. The Morgan fingerprint density at radius 2 is 1.71 bits per heavy atom. The van der Waals surface area contributed by atoms with Crippen molar-refractivity contribution in [3.05, 3.63) is 81.7 Å². The van der Waals surface area contributed by atoms with E-state index in [2.05, 4.69) is 26.1 Å². The minimum atomic E-state index is -0.607. The van der Waals surface area contributed by atoms with Gasteiger partial charge in [0.1, 0.15) is 6.33 Å². The van der Waals surface area contributed by atoms with E-state index in [4.69, 9.17) is 0 Å². The molecule has 9 heteroatoms. The van der Waals surface area contributed by atoms with Crippen molar-refractivity contribution in [2.24, 2.45) is 0 Å². The molecule has 3 aromatic rings. The number of amides is 1. The third-order valence-electron chi connectivity index (χ3n) is 4.19. The van der Waals surface area contributed by atoms with Gasteiger partial charge in [0.15, 0.2) is 0 Å². The summed E-state index contributed by atoms with van der Waals surface area (Å²) in [6, 6.07) is 14.1. The Hall–Kier alpha value is -4.01. The maximum Gasteiger partial charge on any atom is 0.355 e. The van der Waals surface area contributed by atoms with Gasteiger partial charge < -0.3 is 5.32 Å². The molecule has 0 saturated heterocycles. The fraction of sp³-hybridized carbons (Fsp3) is 0.105. The Morgan fingerprint density at radius 3 is 2.43 bits per heavy atom. The molecule has 0 aliphatic carbocycles. The fourth-order valence-electron chi connectivity index (χ4n) is 2.53. The van der Waals surface area contributed by atoms with Gasteiger partial charge in [-0.05, 0) is 43.2 Å². The number of nitrogens with zero attached hydrogens (tertiary/aromatic N) is 3. The number of anilines is 3. The minimum absolute atomic E-state index is 0.0187. The Morgan fingerprint density at radius 1 is 1.00 bits per heavy atom. The predicted molar refractivity (Wildman–Crippen MR) is 105 cm³/mol. The molecule has 9 nitrogen and oxygen atoms in total. The van der Waals surface area contributed by atoms with E-state index in [0.717, 1.165) is 11.1 Å². The summed E-state index contributed by atoms with van der Waals surface area (Å²) >= 11 is 0. The lowest BCUT2D eigenvalue weighted by Crippen LogP contribution is -2.30. The molecule has 0 fully saturated rings. The maximum absolute atomic E-state index is 12.2. The number of aromatic nitrogens is 2. The van der Waals surface area contributed by atoms with Crippen LogP contribution in [0.5, 0.6) is 0 Å². The molecule has 0 atom stereocenters. The van der Waals surface area contributed by atoms with E-state index >= 15 is 0 Å². The highest BCUT2D eigenvalue weighted by Gasteiger charge is 2.24. The molecule has 3 N–H and O–H groups in total. The summed E-state index contributed by atoms with van der Waals surface area (Å²) in [5.74, 6) is -0.556. The lowest BCUT2D eigenvalue weighted by atomic mass is 10.1. The van der Waals surface area contributed by atoms with Crippen LogP contribution in [-0.2, 0) is 0 Å². The molecule has 1 heterocycles. The van der Waals surface area contributed by atoms with Crippen molar-refractivity contribution < 1.29 is 9.72 Å². The van der Waals surface area contributed by atoms with Crippen LogP contribution in [0.2, 0.25) is 0 Å². The second-order valence-corrected chi connectivity index (χ2v) is 5.99. The average Bonchev–Trinajstić information content (AvgIpc) is 2.70. The largest absolute Gasteiger partial charge is 0.355 e. The van der Waals surface area contributed by atoms with Crippen LogP contribution in [0.3, 0.4) is 0 Å². The Balaban J connectivity index is 1.86. The summed E-state index contributed by atoms with van der Waals surface area (Å²) in [6.07, 6.45) is 1.18. The number of hydrazine groups is 1. The maximum atomic E-state index is 12.2. The van der Waals surface area contributed by atoms with Gasteiger partial charge in [-0.3, -0.25) is 25.8 Å². The van der Waals surface area contributed by atoms with E-state index in [-0.39, 0.29) is 17.3 Å². The van der Waals surface area contributed by atoms with E-state index in [1.165, 1.54) is 6.33 Å². The Bertz CT molecular complexity index is 1020. The van der Waals surface area contributed by atoms with Gasteiger partial charge in [-0.15, -0.1) is 0 Å². The van der Waals surface area contributed by atoms with Crippen LogP contribution in [0.4, 0.5) is 23.0 Å². The van der Waals surface area contributed by atoms with E-state index in [0.29, 0.717) is 11.3 Å². The summed E-state index contributed by atoms with van der Waals surface area (Å²) in [6.45, 7) is 3.85. The highest BCUT2D eigenvalue weighted by Crippen LogP contribution is 2.32. The molecule has 142 valence electrons. The summed E-state index contributed by atoms with van der Waals surface area (Å²) < 4.78 is 0. The van der Waals surface area contributed by atoms with Crippen molar-refractivity contribution in [1.29, 1.82) is 0 Å². The van der Waals surface area contributed by atoms with Crippen molar-refractivity contribution in [3.63, 3.8) is 0 Å². The number of nitrogens with one attached hydrogen (secondary N) is 3. The summed E-state index contributed by atoms with van der Waals surface area (Å²) in [7, 11) is 0. The number of rotatable bonds is 6. The second kappa shape index (κ2) is 8.12. The van der Waals surface area contributed by atoms with Crippen molar-refractivity contribution in [1.82, 2.24) is 15.4 Å². The van der Waals surface area contributed by atoms with E-state index in [9.17, 15) is 14.9 Å². The first-order valence-corrected chi connectivity index (χ1v) is 8.41. The highest BCUT2D eigenvalue weighted by molar-refractivity contribution is 5.95. The van der Waals surface area contributed by atoms with Gasteiger partial charge in [-0.2, -0.15) is 0 Å². The lowest BCUT2D eigenvalue weighted by Gasteiger charge is -2.13. The van der Waals surface area contributed by atoms with Crippen LogP contribution >= 0.6 is 0 Å². The molecule has 0 bridgehead atoms. The van der Waals surface area contributed by atoms with E-state index in [1.54, 1.807) is 36.4 Å². The zero-order valence-electron chi connectivity index (χ0n) is 15.3. The normalized spacial score (nSPS) is 10.2. The molecule has 28 heavy (non-hydrogen) atoms. The number of carbonyl (C=O) groups excluding carboxylic acids is 1. The average molecular weight is 378 g/mol. The zero-order valence-corrected chi connectivity index (χ0v) is 15.3. The molecule has 2 aromatic carbocycles. The summed E-state index contributed by atoms with van der Waals surface area (Å²) in [5, 5.41) is 14.6. The molecule has 0 spiro atoms. The lowest BCUT2D eigenvalue weighted by molar-refractivity contribution is -0.383. The van der Waals surface area contributed by atoms with Crippen LogP contribution < -0.4 is 16.2 Å². The van der Waals surface area contributed by atoms with E-state index < -0.39 is 10.8 Å². The molecule has 1 amide bonds. The van der Waals surface area contributed by atoms with Gasteiger partial charge in [0.05, 0.1) is 4.92 Å².